The molecular weight excluding hydrogens is 343 g/mol. The van der Waals surface area contributed by atoms with Crippen LogP contribution in [0.2, 0.25) is 0 Å². The first-order valence-electron chi connectivity index (χ1n) is 7.39. The predicted molar refractivity (Wildman–Crippen MR) is 93.7 cm³/mol. The Bertz CT molecular complexity index is 974. The van der Waals surface area contributed by atoms with E-state index in [1.807, 2.05) is 6.92 Å². The number of halogens is 1. The molecule has 6 nitrogen and oxygen atoms in total. The van der Waals surface area contributed by atoms with Gasteiger partial charge >= 0.3 is 0 Å². The first kappa shape index (κ1) is 16.8. The number of aryl methyl sites for hydroxylation is 1. The van der Waals surface area contributed by atoms with Gasteiger partial charge in [-0.25, -0.2) is 12.8 Å². The summed E-state index contributed by atoms with van der Waals surface area (Å²) >= 11 is 0. The molecule has 128 valence electrons. The Labute approximate surface area is 144 Å². The molecule has 2 N–H and O–H groups in total. The number of hydrogen-bond acceptors (Lipinski definition) is 5. The lowest BCUT2D eigenvalue weighted by Gasteiger charge is -2.09. The fraction of sp³-hybridized carbons (Fsp3) is 0.0588. The summed E-state index contributed by atoms with van der Waals surface area (Å²) in [4.78, 5) is 0.133. The molecule has 0 fully saturated rings. The third-order valence-electron chi connectivity index (χ3n) is 3.37. The highest BCUT2D eigenvalue weighted by molar-refractivity contribution is 7.92. The molecule has 8 heteroatoms. The number of aromatic nitrogens is 2. The molecule has 1 heterocycles. The van der Waals surface area contributed by atoms with Gasteiger partial charge in [-0.05, 0) is 43.3 Å². The van der Waals surface area contributed by atoms with Crippen LogP contribution in [0.25, 0.3) is 0 Å². The Morgan fingerprint density at radius 2 is 1.52 bits per heavy atom. The van der Waals surface area contributed by atoms with Gasteiger partial charge in [-0.2, -0.15) is 0 Å². The van der Waals surface area contributed by atoms with Gasteiger partial charge in [-0.15, -0.1) is 10.2 Å². The van der Waals surface area contributed by atoms with Crippen LogP contribution in [0.5, 0.6) is 0 Å². The molecule has 0 aliphatic carbocycles. The number of sulfonamides is 1. The van der Waals surface area contributed by atoms with Gasteiger partial charge in [0.25, 0.3) is 10.0 Å². The quantitative estimate of drug-likeness (QED) is 0.730. The summed E-state index contributed by atoms with van der Waals surface area (Å²) in [5.41, 5.74) is 1.21. The molecule has 0 unspecified atom stereocenters. The maximum Gasteiger partial charge on any atom is 0.263 e. The van der Waals surface area contributed by atoms with Gasteiger partial charge in [0.2, 0.25) is 0 Å². The molecule has 0 saturated heterocycles. The highest BCUT2D eigenvalue weighted by Crippen LogP contribution is 2.19. The zero-order chi connectivity index (χ0) is 17.9. The van der Waals surface area contributed by atoms with Crippen molar-refractivity contribution in [3.63, 3.8) is 0 Å². The number of nitrogens with zero attached hydrogens (tertiary/aromatic N) is 2. The Morgan fingerprint density at radius 1 is 0.880 bits per heavy atom. The minimum atomic E-state index is -3.74. The van der Waals surface area contributed by atoms with E-state index in [-0.39, 0.29) is 16.4 Å². The number of rotatable bonds is 5. The van der Waals surface area contributed by atoms with Crippen molar-refractivity contribution in [1.29, 1.82) is 0 Å². The zero-order valence-electron chi connectivity index (χ0n) is 13.3. The summed E-state index contributed by atoms with van der Waals surface area (Å²) in [7, 11) is -3.74. The van der Waals surface area contributed by atoms with E-state index in [0.29, 0.717) is 5.82 Å². The average Bonchev–Trinajstić information content (AvgIpc) is 2.59. The molecule has 0 radical (unpaired) electrons. The van der Waals surface area contributed by atoms with Crippen molar-refractivity contribution < 1.29 is 12.8 Å². The lowest BCUT2D eigenvalue weighted by molar-refractivity contribution is 0.601. The topological polar surface area (TPSA) is 84.0 Å². The minimum absolute atomic E-state index is 0.0691. The van der Waals surface area contributed by atoms with Crippen molar-refractivity contribution in [2.24, 2.45) is 0 Å². The van der Waals surface area contributed by atoms with Gasteiger partial charge in [0.15, 0.2) is 11.6 Å². The number of nitrogens with one attached hydrogen (secondary N) is 2. The van der Waals surface area contributed by atoms with Crippen LogP contribution in [0.1, 0.15) is 5.56 Å². The highest BCUT2D eigenvalue weighted by atomic mass is 32.2. The van der Waals surface area contributed by atoms with Crippen LogP contribution in [0.15, 0.2) is 65.6 Å². The van der Waals surface area contributed by atoms with Crippen molar-refractivity contribution in [1.82, 2.24) is 10.2 Å². The second-order valence-electron chi connectivity index (χ2n) is 5.33. The van der Waals surface area contributed by atoms with E-state index in [4.69, 9.17) is 0 Å². The normalized spacial score (nSPS) is 11.1. The van der Waals surface area contributed by atoms with Crippen molar-refractivity contribution in [3.8, 4) is 0 Å². The van der Waals surface area contributed by atoms with E-state index >= 15 is 0 Å². The second-order valence-corrected chi connectivity index (χ2v) is 7.01. The summed E-state index contributed by atoms with van der Waals surface area (Å²) in [5, 5.41) is 10.4. The molecule has 3 rings (SSSR count). The molecule has 0 spiro atoms. The summed E-state index contributed by atoms with van der Waals surface area (Å²) in [6, 6.07) is 15.5. The molecule has 3 aromatic rings. The first-order valence-corrected chi connectivity index (χ1v) is 8.87. The molecular formula is C17H15FN4O2S. The summed E-state index contributed by atoms with van der Waals surface area (Å²) in [6.07, 6.45) is 0. The maximum atomic E-state index is 13.6. The molecule has 0 aliphatic heterocycles. The summed E-state index contributed by atoms with van der Waals surface area (Å²) in [6.45, 7) is 1.87. The van der Waals surface area contributed by atoms with Crippen LogP contribution >= 0.6 is 0 Å². The van der Waals surface area contributed by atoms with E-state index in [1.165, 1.54) is 30.3 Å². The van der Waals surface area contributed by atoms with Crippen molar-refractivity contribution in [2.45, 2.75) is 11.8 Å². The third kappa shape index (κ3) is 4.10. The first-order chi connectivity index (χ1) is 11.9. The Morgan fingerprint density at radius 3 is 2.16 bits per heavy atom. The van der Waals surface area contributed by atoms with E-state index in [9.17, 15) is 12.8 Å². The van der Waals surface area contributed by atoms with E-state index in [1.54, 1.807) is 30.3 Å². The van der Waals surface area contributed by atoms with Gasteiger partial charge in [0.1, 0.15) is 5.82 Å². The summed E-state index contributed by atoms with van der Waals surface area (Å²) < 4.78 is 40.5. The Hall–Kier alpha value is -3.00. The van der Waals surface area contributed by atoms with Gasteiger partial charge < -0.3 is 5.32 Å². The van der Waals surface area contributed by atoms with Crippen LogP contribution < -0.4 is 10.0 Å². The van der Waals surface area contributed by atoms with Crippen molar-refractivity contribution >= 4 is 27.3 Å². The van der Waals surface area contributed by atoms with Gasteiger partial charge in [0.05, 0.1) is 10.6 Å². The fourth-order valence-corrected chi connectivity index (χ4v) is 3.06. The molecule has 0 amide bonds. The molecule has 0 saturated carbocycles. The summed E-state index contributed by atoms with van der Waals surface area (Å²) in [5.74, 6) is -0.0588. The second kappa shape index (κ2) is 6.86. The molecule has 1 aromatic heterocycles. The largest absolute Gasteiger partial charge is 0.336 e. The standard InChI is InChI=1S/C17H15FN4O2S/c1-12-6-8-13(9-7-12)25(23,24)22-17-11-10-16(20-21-17)19-15-5-3-2-4-14(15)18/h2-11H,1H3,(H,19,20)(H,21,22). The minimum Gasteiger partial charge on any atom is -0.336 e. The monoisotopic (exact) mass is 358 g/mol. The van der Waals surface area contributed by atoms with E-state index in [2.05, 4.69) is 20.2 Å². The lowest BCUT2D eigenvalue weighted by atomic mass is 10.2. The van der Waals surface area contributed by atoms with Gasteiger partial charge in [0, 0.05) is 0 Å². The molecule has 2 aromatic carbocycles. The SMILES string of the molecule is Cc1ccc(S(=O)(=O)Nc2ccc(Nc3ccccc3F)nn2)cc1. The van der Waals surface area contributed by atoms with Crippen LogP contribution in [-0.2, 0) is 10.0 Å². The Kier molecular flexibility index (Phi) is 4.62. The Balaban J connectivity index is 1.74. The van der Waals surface area contributed by atoms with E-state index in [0.717, 1.165) is 5.56 Å². The number of benzene rings is 2. The van der Waals surface area contributed by atoms with Gasteiger partial charge in [-0.3, -0.25) is 4.72 Å². The maximum absolute atomic E-state index is 13.6. The van der Waals surface area contributed by atoms with E-state index < -0.39 is 15.8 Å². The highest BCUT2D eigenvalue weighted by Gasteiger charge is 2.14. The molecule has 0 aliphatic rings. The molecule has 0 bridgehead atoms. The number of hydrogen-bond donors (Lipinski definition) is 2. The third-order valence-corrected chi connectivity index (χ3v) is 4.74. The van der Waals surface area contributed by atoms with Crippen molar-refractivity contribution in [3.05, 3.63) is 72.0 Å². The number of para-hydroxylation sites is 1. The average molecular weight is 358 g/mol. The van der Waals surface area contributed by atoms with Crippen LogP contribution in [0, 0.1) is 12.7 Å². The number of anilines is 3. The fourth-order valence-electron chi connectivity index (χ4n) is 2.07. The molecule has 25 heavy (non-hydrogen) atoms. The van der Waals surface area contributed by atoms with Crippen LogP contribution in [-0.4, -0.2) is 18.6 Å². The zero-order valence-corrected chi connectivity index (χ0v) is 14.1. The van der Waals surface area contributed by atoms with Crippen molar-refractivity contribution in [2.75, 3.05) is 10.0 Å². The molecule has 0 atom stereocenters. The van der Waals surface area contributed by atoms with Crippen LogP contribution in [0.3, 0.4) is 0 Å². The van der Waals surface area contributed by atoms with Crippen LogP contribution in [0.4, 0.5) is 21.7 Å². The lowest BCUT2D eigenvalue weighted by Crippen LogP contribution is -2.14. The predicted octanol–water partition coefficient (Wildman–Crippen LogP) is 3.47. The van der Waals surface area contributed by atoms with Gasteiger partial charge in [-0.1, -0.05) is 29.8 Å². The smallest absolute Gasteiger partial charge is 0.263 e.